The number of hydrogen-bond acceptors (Lipinski definition) is 2. The molecule has 0 saturated carbocycles. The largest absolute Gasteiger partial charge is 0.493 e. The summed E-state index contributed by atoms with van der Waals surface area (Å²) in [5.41, 5.74) is 2.35. The smallest absolute Gasteiger partial charge is 0.127 e. The van der Waals surface area contributed by atoms with Gasteiger partial charge in [0.2, 0.25) is 0 Å². The van der Waals surface area contributed by atoms with Crippen molar-refractivity contribution in [3.63, 3.8) is 0 Å². The molecule has 1 rings (SSSR count). The molecule has 3 heteroatoms. The molecule has 1 aromatic rings. The van der Waals surface area contributed by atoms with Crippen molar-refractivity contribution in [2.45, 2.75) is 46.6 Å². The van der Waals surface area contributed by atoms with E-state index in [-0.39, 0.29) is 0 Å². The van der Waals surface area contributed by atoms with Crippen LogP contribution in [0.3, 0.4) is 0 Å². The Morgan fingerprint density at radius 1 is 1.28 bits per heavy atom. The Kier molecular flexibility index (Phi) is 6.51. The number of rotatable bonds is 7. The third kappa shape index (κ3) is 4.18. The maximum Gasteiger partial charge on any atom is 0.127 e. The van der Waals surface area contributed by atoms with Crippen LogP contribution in [0.4, 0.5) is 0 Å². The van der Waals surface area contributed by atoms with Crippen molar-refractivity contribution in [2.75, 3.05) is 13.2 Å². The van der Waals surface area contributed by atoms with Crippen LogP contribution in [0.25, 0.3) is 0 Å². The van der Waals surface area contributed by atoms with E-state index >= 15 is 0 Å². The molecule has 18 heavy (non-hydrogen) atoms. The molecule has 0 atom stereocenters. The van der Waals surface area contributed by atoms with Crippen LogP contribution >= 0.6 is 11.6 Å². The van der Waals surface area contributed by atoms with E-state index in [4.69, 9.17) is 16.3 Å². The molecule has 0 saturated heterocycles. The summed E-state index contributed by atoms with van der Waals surface area (Å²) < 4.78 is 5.93. The molecule has 0 fully saturated rings. The van der Waals surface area contributed by atoms with Gasteiger partial charge in [-0.05, 0) is 36.6 Å². The fourth-order valence-corrected chi connectivity index (χ4v) is 2.12. The van der Waals surface area contributed by atoms with Crippen LogP contribution < -0.4 is 10.1 Å². The molecule has 0 bridgehead atoms. The quantitative estimate of drug-likeness (QED) is 0.794. The molecular weight excluding hydrogens is 246 g/mol. The maximum atomic E-state index is 6.20. The number of nitrogens with one attached hydrogen (secondary N) is 1. The molecule has 0 aliphatic heterocycles. The average molecular weight is 270 g/mol. The first-order valence-corrected chi connectivity index (χ1v) is 7.13. The van der Waals surface area contributed by atoms with E-state index in [1.54, 1.807) is 0 Å². The van der Waals surface area contributed by atoms with Gasteiger partial charge in [0, 0.05) is 17.1 Å². The molecule has 1 aromatic carbocycles. The van der Waals surface area contributed by atoms with Crippen LogP contribution in [0.5, 0.6) is 5.75 Å². The van der Waals surface area contributed by atoms with Gasteiger partial charge in [-0.3, -0.25) is 0 Å². The van der Waals surface area contributed by atoms with Gasteiger partial charge in [0.25, 0.3) is 0 Å². The first-order chi connectivity index (χ1) is 8.60. The third-order valence-electron chi connectivity index (χ3n) is 2.80. The summed E-state index contributed by atoms with van der Waals surface area (Å²) in [6.07, 6.45) is 1.01. The molecule has 0 radical (unpaired) electrons. The molecular formula is C15H24ClNO. The minimum absolute atomic E-state index is 0.413. The third-order valence-corrected chi connectivity index (χ3v) is 3.02. The SMILES string of the molecule is CCCOc1c(CNCC)cc(Cl)cc1C(C)C. The molecule has 1 N–H and O–H groups in total. The Balaban J connectivity index is 3.10. The topological polar surface area (TPSA) is 21.3 Å². The van der Waals surface area contributed by atoms with E-state index in [1.807, 2.05) is 12.1 Å². The van der Waals surface area contributed by atoms with Gasteiger partial charge in [-0.25, -0.2) is 0 Å². The van der Waals surface area contributed by atoms with Gasteiger partial charge in [-0.15, -0.1) is 0 Å². The summed E-state index contributed by atoms with van der Waals surface area (Å²) in [4.78, 5) is 0. The Bertz CT molecular complexity index is 377. The minimum Gasteiger partial charge on any atom is -0.493 e. The van der Waals surface area contributed by atoms with Crippen LogP contribution in [-0.4, -0.2) is 13.2 Å². The van der Waals surface area contributed by atoms with Gasteiger partial charge in [0.15, 0.2) is 0 Å². The van der Waals surface area contributed by atoms with E-state index < -0.39 is 0 Å². The summed E-state index contributed by atoms with van der Waals surface area (Å²) in [6, 6.07) is 4.02. The first-order valence-electron chi connectivity index (χ1n) is 6.75. The van der Waals surface area contributed by atoms with Crippen molar-refractivity contribution in [3.05, 3.63) is 28.3 Å². The number of halogens is 1. The number of benzene rings is 1. The molecule has 0 aliphatic rings. The highest BCUT2D eigenvalue weighted by Gasteiger charge is 2.14. The van der Waals surface area contributed by atoms with Gasteiger partial charge in [-0.1, -0.05) is 39.3 Å². The molecule has 2 nitrogen and oxygen atoms in total. The van der Waals surface area contributed by atoms with Crippen molar-refractivity contribution in [3.8, 4) is 5.75 Å². The first kappa shape index (κ1) is 15.3. The predicted molar refractivity (Wildman–Crippen MR) is 78.7 cm³/mol. The van der Waals surface area contributed by atoms with E-state index in [1.165, 1.54) is 5.56 Å². The summed E-state index contributed by atoms with van der Waals surface area (Å²) in [5, 5.41) is 4.12. The van der Waals surface area contributed by atoms with Gasteiger partial charge in [0.1, 0.15) is 5.75 Å². The highest BCUT2D eigenvalue weighted by atomic mass is 35.5. The molecule has 102 valence electrons. The normalized spacial score (nSPS) is 11.0. The monoisotopic (exact) mass is 269 g/mol. The number of hydrogen-bond donors (Lipinski definition) is 1. The van der Waals surface area contributed by atoms with Crippen LogP contribution in [0, 0.1) is 0 Å². The van der Waals surface area contributed by atoms with Gasteiger partial charge in [-0.2, -0.15) is 0 Å². The summed E-state index contributed by atoms with van der Waals surface area (Å²) in [6.45, 7) is 11.0. The maximum absolute atomic E-state index is 6.20. The standard InChI is InChI=1S/C15H24ClNO/c1-5-7-18-15-12(10-17-6-2)8-13(16)9-14(15)11(3)4/h8-9,11,17H,5-7,10H2,1-4H3. The molecule has 0 aliphatic carbocycles. The van der Waals surface area contributed by atoms with Crippen molar-refractivity contribution in [1.29, 1.82) is 0 Å². The van der Waals surface area contributed by atoms with E-state index in [2.05, 4.69) is 33.0 Å². The van der Waals surface area contributed by atoms with E-state index in [0.717, 1.165) is 42.5 Å². The average Bonchev–Trinajstić information content (AvgIpc) is 2.34. The molecule has 0 amide bonds. The summed E-state index contributed by atoms with van der Waals surface area (Å²) in [5.74, 6) is 1.42. The van der Waals surface area contributed by atoms with E-state index in [9.17, 15) is 0 Å². The van der Waals surface area contributed by atoms with Crippen LogP contribution in [0.15, 0.2) is 12.1 Å². The van der Waals surface area contributed by atoms with Crippen molar-refractivity contribution in [2.24, 2.45) is 0 Å². The predicted octanol–water partition coefficient (Wildman–Crippen LogP) is 4.36. The van der Waals surface area contributed by atoms with Crippen molar-refractivity contribution in [1.82, 2.24) is 5.32 Å². The summed E-state index contributed by atoms with van der Waals surface area (Å²) >= 11 is 6.20. The Labute approximate surface area is 116 Å². The van der Waals surface area contributed by atoms with Crippen LogP contribution in [-0.2, 0) is 6.54 Å². The molecule has 0 spiro atoms. The van der Waals surface area contributed by atoms with Crippen LogP contribution in [0.2, 0.25) is 5.02 Å². The molecule has 0 heterocycles. The zero-order chi connectivity index (χ0) is 13.5. The lowest BCUT2D eigenvalue weighted by molar-refractivity contribution is 0.309. The molecule has 0 unspecified atom stereocenters. The fourth-order valence-electron chi connectivity index (χ4n) is 1.87. The van der Waals surface area contributed by atoms with E-state index in [0.29, 0.717) is 5.92 Å². The van der Waals surface area contributed by atoms with Gasteiger partial charge < -0.3 is 10.1 Å². The highest BCUT2D eigenvalue weighted by molar-refractivity contribution is 6.30. The van der Waals surface area contributed by atoms with Crippen molar-refractivity contribution >= 4 is 11.6 Å². The van der Waals surface area contributed by atoms with Gasteiger partial charge >= 0.3 is 0 Å². The zero-order valence-corrected chi connectivity index (χ0v) is 12.6. The van der Waals surface area contributed by atoms with Gasteiger partial charge in [0.05, 0.1) is 6.61 Å². The number of ether oxygens (including phenoxy) is 1. The second kappa shape index (κ2) is 7.65. The lowest BCUT2D eigenvalue weighted by Gasteiger charge is -2.18. The highest BCUT2D eigenvalue weighted by Crippen LogP contribution is 2.33. The molecule has 0 aromatic heterocycles. The fraction of sp³-hybridized carbons (Fsp3) is 0.600. The second-order valence-electron chi connectivity index (χ2n) is 4.77. The second-order valence-corrected chi connectivity index (χ2v) is 5.20. The van der Waals surface area contributed by atoms with Crippen molar-refractivity contribution < 1.29 is 4.74 Å². The minimum atomic E-state index is 0.413. The Hall–Kier alpha value is -0.730. The lowest BCUT2D eigenvalue weighted by atomic mass is 9.99. The lowest BCUT2D eigenvalue weighted by Crippen LogP contribution is -2.14. The Morgan fingerprint density at radius 2 is 2.00 bits per heavy atom. The van der Waals surface area contributed by atoms with Crippen LogP contribution in [0.1, 0.15) is 51.2 Å². The summed E-state index contributed by atoms with van der Waals surface area (Å²) in [7, 11) is 0. The Morgan fingerprint density at radius 3 is 2.56 bits per heavy atom. The zero-order valence-electron chi connectivity index (χ0n) is 11.8.